The Morgan fingerprint density at radius 1 is 1.10 bits per heavy atom. The zero-order valence-corrected chi connectivity index (χ0v) is 12.8. The predicted octanol–water partition coefficient (Wildman–Crippen LogP) is 3.39. The maximum Gasteiger partial charge on any atom is 0.167 e. The first-order valence-corrected chi connectivity index (χ1v) is 7.27. The minimum Gasteiger partial charge on any atom is -0.363 e. The maximum atomic E-state index is 9.43. The Balaban J connectivity index is 2.24. The van der Waals surface area contributed by atoms with E-state index in [2.05, 4.69) is 52.8 Å². The molecule has 0 radical (unpaired) electrons. The molecule has 1 heterocycles. The average molecular weight is 280 g/mol. The normalized spacial score (nSPS) is 10.2. The van der Waals surface area contributed by atoms with Crippen molar-refractivity contribution in [2.24, 2.45) is 0 Å². The summed E-state index contributed by atoms with van der Waals surface area (Å²) in [5.74, 6) is 0.576. The van der Waals surface area contributed by atoms with Crippen LogP contribution in [0.5, 0.6) is 0 Å². The van der Waals surface area contributed by atoms with Crippen LogP contribution in [0.3, 0.4) is 0 Å². The van der Waals surface area contributed by atoms with Gasteiger partial charge in [-0.25, -0.2) is 0 Å². The Morgan fingerprint density at radius 2 is 1.81 bits per heavy atom. The molecule has 0 aliphatic heterocycles. The lowest BCUT2D eigenvalue weighted by Crippen LogP contribution is -2.10. The van der Waals surface area contributed by atoms with Crippen LogP contribution in [-0.2, 0) is 19.4 Å². The van der Waals surface area contributed by atoms with Crippen molar-refractivity contribution in [1.29, 1.82) is 5.26 Å². The summed E-state index contributed by atoms with van der Waals surface area (Å²) < 4.78 is 0. The molecule has 0 bridgehead atoms. The van der Waals surface area contributed by atoms with Gasteiger partial charge in [0.05, 0.1) is 5.69 Å². The summed E-state index contributed by atoms with van der Waals surface area (Å²) >= 11 is 0. The molecule has 0 unspecified atom stereocenters. The second-order valence-electron chi connectivity index (χ2n) is 5.01. The fourth-order valence-corrected chi connectivity index (χ4v) is 2.31. The van der Waals surface area contributed by atoms with Crippen molar-refractivity contribution < 1.29 is 0 Å². The van der Waals surface area contributed by atoms with E-state index in [1.807, 2.05) is 13.8 Å². The molecule has 0 fully saturated rings. The van der Waals surface area contributed by atoms with E-state index < -0.39 is 0 Å². The van der Waals surface area contributed by atoms with Crippen LogP contribution in [0, 0.1) is 18.3 Å². The summed E-state index contributed by atoms with van der Waals surface area (Å²) in [5, 5.41) is 21.1. The van der Waals surface area contributed by atoms with Gasteiger partial charge in [-0.1, -0.05) is 43.7 Å². The number of hydrogen-bond donors (Lipinski definition) is 1. The maximum absolute atomic E-state index is 9.43. The number of nitrogens with zero attached hydrogens (tertiary/aromatic N) is 3. The van der Waals surface area contributed by atoms with E-state index in [9.17, 15) is 5.26 Å². The van der Waals surface area contributed by atoms with Gasteiger partial charge in [-0.3, -0.25) is 0 Å². The molecule has 1 aromatic heterocycles. The smallest absolute Gasteiger partial charge is 0.167 e. The van der Waals surface area contributed by atoms with Crippen molar-refractivity contribution in [3.05, 3.63) is 52.2 Å². The van der Waals surface area contributed by atoms with Gasteiger partial charge in [0.25, 0.3) is 0 Å². The van der Waals surface area contributed by atoms with Crippen LogP contribution in [0.1, 0.15) is 41.8 Å². The molecule has 4 heteroatoms. The highest BCUT2D eigenvalue weighted by Gasteiger charge is 2.13. The lowest BCUT2D eigenvalue weighted by atomic mass is 10.0. The number of hydrogen-bond acceptors (Lipinski definition) is 4. The fourth-order valence-electron chi connectivity index (χ4n) is 2.31. The van der Waals surface area contributed by atoms with Crippen LogP contribution in [0.15, 0.2) is 24.3 Å². The van der Waals surface area contributed by atoms with Gasteiger partial charge >= 0.3 is 0 Å². The van der Waals surface area contributed by atoms with Crippen LogP contribution in [0.4, 0.5) is 5.82 Å². The quantitative estimate of drug-likeness (QED) is 0.912. The molecule has 1 N–H and O–H groups in total. The summed E-state index contributed by atoms with van der Waals surface area (Å²) in [5.41, 5.74) is 4.92. The Hall–Kier alpha value is -2.41. The summed E-state index contributed by atoms with van der Waals surface area (Å²) in [4.78, 5) is 0. The van der Waals surface area contributed by atoms with Gasteiger partial charge in [0, 0.05) is 6.54 Å². The van der Waals surface area contributed by atoms with Gasteiger partial charge in [0.2, 0.25) is 0 Å². The van der Waals surface area contributed by atoms with E-state index in [4.69, 9.17) is 0 Å². The molecule has 0 saturated heterocycles. The third kappa shape index (κ3) is 3.38. The molecule has 0 amide bonds. The molecule has 0 aliphatic carbocycles. The van der Waals surface area contributed by atoms with Gasteiger partial charge in [-0.15, -0.1) is 5.10 Å². The van der Waals surface area contributed by atoms with Crippen molar-refractivity contribution in [1.82, 2.24) is 10.2 Å². The molecule has 2 aromatic rings. The molecular weight excluding hydrogens is 260 g/mol. The Kier molecular flexibility index (Phi) is 4.89. The number of aryl methyl sites for hydroxylation is 2. The number of anilines is 1. The molecule has 21 heavy (non-hydrogen) atoms. The molecule has 1 aromatic carbocycles. The fraction of sp³-hybridized carbons (Fsp3) is 0.353. The zero-order valence-electron chi connectivity index (χ0n) is 12.8. The minimum absolute atomic E-state index is 0.576. The topological polar surface area (TPSA) is 61.6 Å². The predicted molar refractivity (Wildman–Crippen MR) is 84.0 cm³/mol. The average Bonchev–Trinajstić information content (AvgIpc) is 2.53. The van der Waals surface area contributed by atoms with Crippen molar-refractivity contribution in [2.75, 3.05) is 5.32 Å². The van der Waals surface area contributed by atoms with E-state index in [0.717, 1.165) is 29.7 Å². The second kappa shape index (κ2) is 6.85. The van der Waals surface area contributed by atoms with Crippen molar-refractivity contribution in [2.45, 2.75) is 40.2 Å². The highest BCUT2D eigenvalue weighted by atomic mass is 15.2. The first-order valence-electron chi connectivity index (χ1n) is 7.27. The van der Waals surface area contributed by atoms with Gasteiger partial charge < -0.3 is 5.32 Å². The number of rotatable bonds is 5. The van der Waals surface area contributed by atoms with E-state index >= 15 is 0 Å². The van der Waals surface area contributed by atoms with Crippen LogP contribution < -0.4 is 5.32 Å². The van der Waals surface area contributed by atoms with Crippen LogP contribution in [0.2, 0.25) is 0 Å². The van der Waals surface area contributed by atoms with Gasteiger partial charge in [-0.05, 0) is 30.9 Å². The monoisotopic (exact) mass is 280 g/mol. The molecular formula is C17H20N4. The number of nitrogens with one attached hydrogen (secondary N) is 1. The number of aromatic nitrogens is 2. The standard InChI is InChI=1S/C17H20N4/c1-4-14-15(10-18)17(21-20-16(14)5-2)19-11-13-8-6-12(3)7-9-13/h6-9H,4-5,11H2,1-3H3,(H,19,21). The minimum atomic E-state index is 0.576. The number of benzene rings is 1. The van der Waals surface area contributed by atoms with Gasteiger partial charge in [0.15, 0.2) is 5.82 Å². The zero-order chi connectivity index (χ0) is 15.2. The summed E-state index contributed by atoms with van der Waals surface area (Å²) in [6.07, 6.45) is 1.59. The third-order valence-electron chi connectivity index (χ3n) is 3.54. The van der Waals surface area contributed by atoms with E-state index in [1.165, 1.54) is 5.56 Å². The van der Waals surface area contributed by atoms with E-state index in [1.54, 1.807) is 0 Å². The molecule has 4 nitrogen and oxygen atoms in total. The van der Waals surface area contributed by atoms with Gasteiger partial charge in [0.1, 0.15) is 11.6 Å². The Labute approximate surface area is 125 Å². The molecule has 2 rings (SSSR count). The summed E-state index contributed by atoms with van der Waals surface area (Å²) in [6, 6.07) is 10.6. The lowest BCUT2D eigenvalue weighted by molar-refractivity contribution is 0.869. The lowest BCUT2D eigenvalue weighted by Gasteiger charge is -2.12. The van der Waals surface area contributed by atoms with Crippen LogP contribution in [-0.4, -0.2) is 10.2 Å². The summed E-state index contributed by atoms with van der Waals surface area (Å²) in [6.45, 7) is 6.77. The first kappa shape index (κ1) is 15.0. The highest BCUT2D eigenvalue weighted by molar-refractivity contribution is 5.56. The largest absolute Gasteiger partial charge is 0.363 e. The number of nitriles is 1. The van der Waals surface area contributed by atoms with E-state index in [-0.39, 0.29) is 0 Å². The molecule has 0 aliphatic rings. The molecule has 0 atom stereocenters. The van der Waals surface area contributed by atoms with Crippen molar-refractivity contribution in [3.63, 3.8) is 0 Å². The molecule has 0 saturated carbocycles. The highest BCUT2D eigenvalue weighted by Crippen LogP contribution is 2.20. The second-order valence-corrected chi connectivity index (χ2v) is 5.01. The Morgan fingerprint density at radius 3 is 2.38 bits per heavy atom. The van der Waals surface area contributed by atoms with Crippen molar-refractivity contribution >= 4 is 5.82 Å². The molecule has 0 spiro atoms. The molecule has 108 valence electrons. The first-order chi connectivity index (χ1) is 10.2. The van der Waals surface area contributed by atoms with E-state index in [0.29, 0.717) is 17.9 Å². The van der Waals surface area contributed by atoms with Crippen LogP contribution in [0.25, 0.3) is 0 Å². The Bertz CT molecular complexity index is 654. The van der Waals surface area contributed by atoms with Gasteiger partial charge in [-0.2, -0.15) is 10.4 Å². The SMILES string of the molecule is CCc1nnc(NCc2ccc(C)cc2)c(C#N)c1CC. The van der Waals surface area contributed by atoms with Crippen LogP contribution >= 0.6 is 0 Å². The van der Waals surface area contributed by atoms with Crippen molar-refractivity contribution in [3.8, 4) is 6.07 Å². The third-order valence-corrected chi connectivity index (χ3v) is 3.54. The summed E-state index contributed by atoms with van der Waals surface area (Å²) in [7, 11) is 0.